The molecule has 0 bridgehead atoms. The van der Waals surface area contributed by atoms with Crippen molar-refractivity contribution >= 4 is 34.3 Å². The molecule has 15 heteroatoms. The summed E-state index contributed by atoms with van der Waals surface area (Å²) < 4.78 is 62.5. The minimum Gasteiger partial charge on any atom is -0.496 e. The zero-order chi connectivity index (χ0) is 27.0. The lowest BCUT2D eigenvalue weighted by molar-refractivity contribution is -0.128. The molecular weight excluding hydrogens is 502 g/mol. The fourth-order valence-corrected chi connectivity index (χ4v) is 4.16. The molecule has 0 spiro atoms. The van der Waals surface area contributed by atoms with Crippen molar-refractivity contribution in [2.75, 3.05) is 26.7 Å². The molecule has 0 aliphatic carbocycles. The van der Waals surface area contributed by atoms with Gasteiger partial charge in [0.2, 0.25) is 0 Å². The van der Waals surface area contributed by atoms with E-state index in [0.29, 0.717) is 16.8 Å². The van der Waals surface area contributed by atoms with Crippen LogP contribution in [0.4, 0.5) is 23.2 Å². The number of H-pyrrole nitrogens is 1. The lowest BCUT2D eigenvalue weighted by Gasteiger charge is -2.39. The maximum atomic E-state index is 14.5. The molecule has 2 amide bonds. The molecule has 0 unspecified atom stereocenters. The Bertz CT molecular complexity index is 1470. The van der Waals surface area contributed by atoms with E-state index in [1.165, 1.54) is 32.5 Å². The molecule has 1 saturated heterocycles. The summed E-state index contributed by atoms with van der Waals surface area (Å²) in [6.45, 7) is 0.720. The largest absolute Gasteiger partial charge is 0.496 e. The summed E-state index contributed by atoms with van der Waals surface area (Å²) in [4.78, 5) is 49.9. The van der Waals surface area contributed by atoms with Crippen LogP contribution in [-0.4, -0.2) is 70.2 Å². The maximum Gasteiger partial charge on any atom is 0.295 e. The van der Waals surface area contributed by atoms with Gasteiger partial charge in [-0.25, -0.2) is 22.5 Å². The van der Waals surface area contributed by atoms with Gasteiger partial charge in [0.1, 0.15) is 22.6 Å². The zero-order valence-corrected chi connectivity index (χ0v) is 19.3. The van der Waals surface area contributed by atoms with Gasteiger partial charge in [-0.15, -0.1) is 0 Å². The smallest absolute Gasteiger partial charge is 0.295 e. The monoisotopic (exact) mass is 519 g/mol. The highest BCUT2D eigenvalue weighted by Crippen LogP contribution is 2.32. The molecule has 37 heavy (non-hydrogen) atoms. The second-order valence-corrected chi connectivity index (χ2v) is 8.04. The van der Waals surface area contributed by atoms with Crippen LogP contribution in [-0.2, 0) is 4.79 Å². The van der Waals surface area contributed by atoms with Gasteiger partial charge < -0.3 is 19.5 Å². The van der Waals surface area contributed by atoms with Crippen molar-refractivity contribution in [2.45, 2.75) is 13.0 Å². The average molecular weight is 519 g/mol. The topological polar surface area (TPSA) is 144 Å². The number of amides is 2. The second-order valence-electron chi connectivity index (χ2n) is 8.04. The van der Waals surface area contributed by atoms with E-state index in [1.807, 2.05) is 0 Å². The van der Waals surface area contributed by atoms with Crippen molar-refractivity contribution in [2.24, 2.45) is 5.11 Å². The minimum atomic E-state index is -2.02. The number of ether oxygens (including phenoxy) is 1. The average Bonchev–Trinajstić information content (AvgIpc) is 3.33. The normalized spacial score (nSPS) is 15.5. The number of nitrogens with one attached hydrogen (secondary N) is 1. The number of benzene rings is 1. The highest BCUT2D eigenvalue weighted by atomic mass is 19.2. The predicted molar refractivity (Wildman–Crippen MR) is 119 cm³/mol. The Kier molecular flexibility index (Phi) is 6.72. The number of aromatic nitrogens is 2. The number of hydrogen-bond acceptors (Lipinski definition) is 6. The molecular formula is C22H17F4N7O4. The fraction of sp³-hybridized carbons (Fsp3) is 0.273. The van der Waals surface area contributed by atoms with E-state index in [0.717, 1.165) is 9.80 Å². The Labute approximate surface area is 205 Å². The van der Waals surface area contributed by atoms with Crippen molar-refractivity contribution in [1.29, 1.82) is 0 Å². The number of carbonyl (C=O) groups excluding carboxylic acids is 3. The Hall–Kier alpha value is -4.65. The number of rotatable bonds is 5. The van der Waals surface area contributed by atoms with Gasteiger partial charge in [0.15, 0.2) is 23.3 Å². The molecule has 0 radical (unpaired) electrons. The third-order valence-electron chi connectivity index (χ3n) is 5.97. The molecule has 192 valence electrons. The first kappa shape index (κ1) is 25.4. The second kappa shape index (κ2) is 9.78. The summed E-state index contributed by atoms with van der Waals surface area (Å²) >= 11 is 0. The number of halogens is 4. The van der Waals surface area contributed by atoms with Gasteiger partial charge in [0.05, 0.1) is 18.1 Å². The molecule has 1 atom stereocenters. The van der Waals surface area contributed by atoms with Crippen LogP contribution in [0.15, 0.2) is 23.6 Å². The van der Waals surface area contributed by atoms with Gasteiger partial charge in [-0.2, -0.15) is 0 Å². The van der Waals surface area contributed by atoms with E-state index in [9.17, 15) is 31.9 Å². The molecule has 4 rings (SSSR count). The van der Waals surface area contributed by atoms with E-state index in [-0.39, 0.29) is 25.2 Å². The van der Waals surface area contributed by atoms with Crippen LogP contribution in [0, 0.1) is 23.3 Å². The van der Waals surface area contributed by atoms with Crippen LogP contribution >= 0.6 is 0 Å². The third kappa shape index (κ3) is 4.18. The molecule has 2 aromatic heterocycles. The standard InChI is InChI=1S/C22H17F4N7O4/c1-9-8-32(22(36)19(34)10-7-29-20-12(10)11(37-2)3-4-28-20)5-6-33(9)21(35)13-14(23)16(25)18(30-31-27)17(26)15(13)24/h3-4,7,9H,5-6,8H2,1-2H3,(H,28,29)/t9-/m1/s1. The maximum absolute atomic E-state index is 14.5. The van der Waals surface area contributed by atoms with Gasteiger partial charge in [0, 0.05) is 43.0 Å². The van der Waals surface area contributed by atoms with E-state index >= 15 is 0 Å². The van der Waals surface area contributed by atoms with Crippen LogP contribution in [0.1, 0.15) is 27.6 Å². The van der Waals surface area contributed by atoms with Gasteiger partial charge in [-0.3, -0.25) is 14.4 Å². The number of azide groups is 1. The molecule has 1 aliphatic rings. The Balaban J connectivity index is 1.56. The minimum absolute atomic E-state index is 0.0197. The van der Waals surface area contributed by atoms with Crippen LogP contribution < -0.4 is 4.74 Å². The van der Waals surface area contributed by atoms with Crippen molar-refractivity contribution in [3.05, 3.63) is 63.3 Å². The van der Waals surface area contributed by atoms with E-state index in [4.69, 9.17) is 10.3 Å². The molecule has 1 aromatic carbocycles. The molecule has 1 aliphatic heterocycles. The van der Waals surface area contributed by atoms with Crippen LogP contribution in [0.3, 0.4) is 0 Å². The lowest BCUT2D eigenvalue weighted by atomic mass is 10.1. The number of fused-ring (bicyclic) bond motifs is 1. The molecule has 3 heterocycles. The van der Waals surface area contributed by atoms with Crippen molar-refractivity contribution < 1.29 is 36.7 Å². The molecule has 1 fully saturated rings. The number of nitrogens with zero attached hydrogens (tertiary/aromatic N) is 6. The summed E-state index contributed by atoms with van der Waals surface area (Å²) in [5, 5.41) is 2.90. The van der Waals surface area contributed by atoms with Gasteiger partial charge >= 0.3 is 0 Å². The van der Waals surface area contributed by atoms with Crippen LogP contribution in [0.2, 0.25) is 0 Å². The summed E-state index contributed by atoms with van der Waals surface area (Å²) in [6, 6.07) is 0.631. The number of methoxy groups -OCH3 is 1. The third-order valence-corrected chi connectivity index (χ3v) is 5.97. The number of pyridine rings is 1. The van der Waals surface area contributed by atoms with E-state index in [2.05, 4.69) is 20.0 Å². The number of aromatic amines is 1. The Morgan fingerprint density at radius 2 is 1.84 bits per heavy atom. The van der Waals surface area contributed by atoms with E-state index < -0.39 is 58.2 Å². The quantitative estimate of drug-likeness (QED) is 0.104. The van der Waals surface area contributed by atoms with Crippen LogP contribution in [0.25, 0.3) is 21.5 Å². The van der Waals surface area contributed by atoms with Crippen molar-refractivity contribution in [1.82, 2.24) is 19.8 Å². The number of carbonyl (C=O) groups is 3. The summed E-state index contributed by atoms with van der Waals surface area (Å²) in [7, 11) is 1.39. The highest BCUT2D eigenvalue weighted by molar-refractivity contribution is 6.45. The van der Waals surface area contributed by atoms with Crippen molar-refractivity contribution in [3.63, 3.8) is 0 Å². The number of Topliss-reactive ketones (excluding diaryl/α,β-unsaturated/α-hetero) is 1. The number of ketones is 1. The van der Waals surface area contributed by atoms with Crippen molar-refractivity contribution in [3.8, 4) is 5.75 Å². The molecule has 1 N–H and O–H groups in total. The first-order valence-corrected chi connectivity index (χ1v) is 10.7. The fourth-order valence-electron chi connectivity index (χ4n) is 4.16. The van der Waals surface area contributed by atoms with E-state index in [1.54, 1.807) is 0 Å². The summed E-state index contributed by atoms with van der Waals surface area (Å²) in [5.74, 6) is -10.9. The van der Waals surface area contributed by atoms with Gasteiger partial charge in [0.25, 0.3) is 17.6 Å². The summed E-state index contributed by atoms with van der Waals surface area (Å²) in [5.41, 5.74) is 5.65. The SMILES string of the molecule is COc1ccnc2[nH]cc(C(=O)C(=O)N3CCN(C(=O)c4c(F)c(F)c(N=[N+]=[N-])c(F)c4F)[C@H](C)C3)c12. The van der Waals surface area contributed by atoms with Gasteiger partial charge in [-0.1, -0.05) is 5.11 Å². The number of piperazine rings is 1. The molecule has 3 aromatic rings. The first-order chi connectivity index (χ1) is 17.6. The Morgan fingerprint density at radius 3 is 2.43 bits per heavy atom. The summed E-state index contributed by atoms with van der Waals surface area (Å²) in [6.07, 6.45) is 2.78. The first-order valence-electron chi connectivity index (χ1n) is 10.7. The van der Waals surface area contributed by atoms with Crippen LogP contribution in [0.5, 0.6) is 5.75 Å². The Morgan fingerprint density at radius 1 is 1.16 bits per heavy atom. The zero-order valence-electron chi connectivity index (χ0n) is 19.3. The van der Waals surface area contributed by atoms with Gasteiger partial charge in [-0.05, 0) is 18.5 Å². The lowest BCUT2D eigenvalue weighted by Crippen LogP contribution is -2.56. The molecule has 11 nitrogen and oxygen atoms in total. The molecule has 0 saturated carbocycles. The number of hydrogen-bond donors (Lipinski definition) is 1. The predicted octanol–water partition coefficient (Wildman–Crippen LogP) is 3.63. The highest BCUT2D eigenvalue weighted by Gasteiger charge is 2.37.